The van der Waals surface area contributed by atoms with Gasteiger partial charge in [-0.2, -0.15) is 0 Å². The number of piperidine rings is 1. The third-order valence-electron chi connectivity index (χ3n) is 4.25. The second-order valence-corrected chi connectivity index (χ2v) is 5.88. The minimum absolute atomic E-state index is 0.0986. The van der Waals surface area contributed by atoms with Crippen molar-refractivity contribution in [2.75, 3.05) is 33.4 Å². The van der Waals surface area contributed by atoms with E-state index >= 15 is 0 Å². The van der Waals surface area contributed by atoms with Gasteiger partial charge >= 0.3 is 5.97 Å². The molecular weight excluding hydrogens is 310 g/mol. The predicted molar refractivity (Wildman–Crippen MR) is 87.8 cm³/mol. The molecule has 1 unspecified atom stereocenters. The van der Waals surface area contributed by atoms with Gasteiger partial charge in [-0.1, -0.05) is 6.07 Å². The summed E-state index contributed by atoms with van der Waals surface area (Å²) in [7, 11) is 1.38. The fourth-order valence-corrected chi connectivity index (χ4v) is 2.97. The molecule has 6 heteroatoms. The van der Waals surface area contributed by atoms with Crippen LogP contribution in [0.2, 0.25) is 0 Å². The molecule has 0 aromatic heterocycles. The monoisotopic (exact) mass is 331 g/mol. The lowest BCUT2D eigenvalue weighted by Crippen LogP contribution is -2.41. The number of likely N-dealkylation sites (tertiary alicyclic amines) is 1. The van der Waals surface area contributed by atoms with Gasteiger partial charge in [0, 0.05) is 19.2 Å². The Hall–Kier alpha value is -2.50. The topological polar surface area (TPSA) is 65.1 Å². The molecule has 128 valence electrons. The summed E-state index contributed by atoms with van der Waals surface area (Å²) >= 11 is 0. The first-order valence-electron chi connectivity index (χ1n) is 8.12. The van der Waals surface area contributed by atoms with Crippen LogP contribution in [0, 0.1) is 5.92 Å². The predicted octanol–water partition coefficient (Wildman–Crippen LogP) is 1.88. The number of esters is 1. The molecule has 1 amide bonds. The van der Waals surface area contributed by atoms with E-state index in [1.54, 1.807) is 11.0 Å². The van der Waals surface area contributed by atoms with Crippen LogP contribution in [0.5, 0.6) is 11.5 Å². The SMILES string of the molecule is COC(=O)C1CCCN(C(=O)/C=C\c2ccc3c(c2)OCCO3)C1. The average molecular weight is 331 g/mol. The summed E-state index contributed by atoms with van der Waals surface area (Å²) in [6.45, 7) is 2.16. The summed E-state index contributed by atoms with van der Waals surface area (Å²) in [4.78, 5) is 25.7. The van der Waals surface area contributed by atoms with Crippen LogP contribution < -0.4 is 9.47 Å². The fourth-order valence-electron chi connectivity index (χ4n) is 2.97. The third kappa shape index (κ3) is 3.69. The molecule has 0 radical (unpaired) electrons. The minimum Gasteiger partial charge on any atom is -0.486 e. The highest BCUT2D eigenvalue weighted by Crippen LogP contribution is 2.31. The van der Waals surface area contributed by atoms with Crippen LogP contribution in [0.4, 0.5) is 0 Å². The van der Waals surface area contributed by atoms with E-state index in [2.05, 4.69) is 0 Å². The van der Waals surface area contributed by atoms with Crippen LogP contribution in [0.3, 0.4) is 0 Å². The Kier molecular flexibility index (Phi) is 5.03. The maximum Gasteiger partial charge on any atom is 0.310 e. The lowest BCUT2D eigenvalue weighted by Gasteiger charge is -2.30. The number of ether oxygens (including phenoxy) is 3. The minimum atomic E-state index is -0.247. The van der Waals surface area contributed by atoms with Crippen molar-refractivity contribution in [3.8, 4) is 11.5 Å². The Balaban J connectivity index is 1.63. The number of hydrogen-bond acceptors (Lipinski definition) is 5. The number of amides is 1. The molecule has 0 spiro atoms. The fraction of sp³-hybridized carbons (Fsp3) is 0.444. The highest BCUT2D eigenvalue weighted by molar-refractivity contribution is 5.92. The van der Waals surface area contributed by atoms with Gasteiger partial charge in [0.1, 0.15) is 13.2 Å². The Labute approximate surface area is 141 Å². The van der Waals surface area contributed by atoms with Crippen molar-refractivity contribution in [1.82, 2.24) is 4.90 Å². The zero-order valence-electron chi connectivity index (χ0n) is 13.7. The second-order valence-electron chi connectivity index (χ2n) is 5.88. The Bertz CT molecular complexity index is 655. The van der Waals surface area contributed by atoms with Crippen LogP contribution in [0.1, 0.15) is 18.4 Å². The molecule has 1 atom stereocenters. The van der Waals surface area contributed by atoms with Gasteiger partial charge in [-0.3, -0.25) is 9.59 Å². The molecule has 1 saturated heterocycles. The Morgan fingerprint density at radius 2 is 2.04 bits per heavy atom. The third-order valence-corrected chi connectivity index (χ3v) is 4.25. The van der Waals surface area contributed by atoms with Crippen molar-refractivity contribution in [1.29, 1.82) is 0 Å². The van der Waals surface area contributed by atoms with Crippen molar-refractivity contribution < 1.29 is 23.8 Å². The van der Waals surface area contributed by atoms with Crippen molar-refractivity contribution in [2.24, 2.45) is 5.92 Å². The molecule has 2 aliphatic heterocycles. The normalized spacial score (nSPS) is 20.0. The van der Waals surface area contributed by atoms with Gasteiger partial charge < -0.3 is 19.1 Å². The molecule has 24 heavy (non-hydrogen) atoms. The molecule has 0 aliphatic carbocycles. The van der Waals surface area contributed by atoms with E-state index < -0.39 is 0 Å². The quantitative estimate of drug-likeness (QED) is 0.625. The van der Waals surface area contributed by atoms with E-state index in [1.165, 1.54) is 13.2 Å². The number of fused-ring (bicyclic) bond motifs is 1. The highest BCUT2D eigenvalue weighted by Gasteiger charge is 2.28. The highest BCUT2D eigenvalue weighted by atomic mass is 16.6. The van der Waals surface area contributed by atoms with Gasteiger partial charge in [0.2, 0.25) is 5.91 Å². The van der Waals surface area contributed by atoms with E-state index in [0.29, 0.717) is 32.1 Å². The first-order chi connectivity index (χ1) is 11.7. The second kappa shape index (κ2) is 7.38. The lowest BCUT2D eigenvalue weighted by atomic mass is 9.98. The number of carbonyl (C=O) groups is 2. The van der Waals surface area contributed by atoms with Crippen LogP contribution in [-0.2, 0) is 14.3 Å². The molecule has 3 rings (SSSR count). The Morgan fingerprint density at radius 3 is 2.83 bits per heavy atom. The first-order valence-corrected chi connectivity index (χ1v) is 8.12. The zero-order valence-corrected chi connectivity index (χ0v) is 13.7. The number of hydrogen-bond donors (Lipinski definition) is 0. The molecule has 1 aromatic rings. The summed E-state index contributed by atoms with van der Waals surface area (Å²) in [6.07, 6.45) is 4.86. The van der Waals surface area contributed by atoms with Crippen LogP contribution in [0.25, 0.3) is 6.08 Å². The zero-order chi connectivity index (χ0) is 16.9. The van der Waals surface area contributed by atoms with E-state index in [-0.39, 0.29) is 17.8 Å². The van der Waals surface area contributed by atoms with Gasteiger partial charge in [-0.15, -0.1) is 0 Å². The molecule has 0 bridgehead atoms. The molecule has 0 saturated carbocycles. The van der Waals surface area contributed by atoms with Gasteiger partial charge in [0.05, 0.1) is 13.0 Å². The number of rotatable bonds is 3. The van der Waals surface area contributed by atoms with Gasteiger partial charge in [0.25, 0.3) is 0 Å². The summed E-state index contributed by atoms with van der Waals surface area (Å²) in [5, 5.41) is 0. The van der Waals surface area contributed by atoms with Crippen LogP contribution in [0.15, 0.2) is 24.3 Å². The van der Waals surface area contributed by atoms with E-state index in [9.17, 15) is 9.59 Å². The number of benzene rings is 1. The van der Waals surface area contributed by atoms with Crippen molar-refractivity contribution in [3.05, 3.63) is 29.8 Å². The molecule has 2 aliphatic rings. The molecular formula is C18H21NO5. The molecule has 0 N–H and O–H groups in total. The first kappa shape index (κ1) is 16.4. The Morgan fingerprint density at radius 1 is 1.25 bits per heavy atom. The van der Waals surface area contributed by atoms with Crippen molar-refractivity contribution >= 4 is 18.0 Å². The van der Waals surface area contributed by atoms with E-state index in [4.69, 9.17) is 14.2 Å². The van der Waals surface area contributed by atoms with Gasteiger partial charge in [0.15, 0.2) is 11.5 Å². The maximum absolute atomic E-state index is 12.3. The maximum atomic E-state index is 12.3. The molecule has 1 fully saturated rings. The summed E-state index contributed by atoms with van der Waals surface area (Å²) < 4.78 is 15.8. The van der Waals surface area contributed by atoms with E-state index in [0.717, 1.165) is 24.2 Å². The number of carbonyl (C=O) groups excluding carboxylic acids is 2. The number of nitrogens with zero attached hydrogens (tertiary/aromatic N) is 1. The molecule has 1 aromatic carbocycles. The van der Waals surface area contributed by atoms with Crippen molar-refractivity contribution in [2.45, 2.75) is 12.8 Å². The van der Waals surface area contributed by atoms with Gasteiger partial charge in [-0.05, 0) is 36.6 Å². The van der Waals surface area contributed by atoms with Crippen LogP contribution >= 0.6 is 0 Å². The molecule has 2 heterocycles. The lowest BCUT2D eigenvalue weighted by molar-refractivity contribution is -0.148. The molecule has 6 nitrogen and oxygen atoms in total. The summed E-state index contributed by atoms with van der Waals surface area (Å²) in [5.74, 6) is 0.846. The smallest absolute Gasteiger partial charge is 0.310 e. The summed E-state index contributed by atoms with van der Waals surface area (Å²) in [5.41, 5.74) is 0.870. The standard InChI is InChI=1S/C18H21NO5/c1-22-18(21)14-3-2-8-19(12-14)17(20)7-5-13-4-6-15-16(11-13)24-10-9-23-15/h4-7,11,14H,2-3,8-10,12H2,1H3/b7-5-. The van der Waals surface area contributed by atoms with Crippen LogP contribution in [-0.4, -0.2) is 50.2 Å². The van der Waals surface area contributed by atoms with Crippen molar-refractivity contribution in [3.63, 3.8) is 0 Å². The summed E-state index contributed by atoms with van der Waals surface area (Å²) in [6, 6.07) is 5.57. The average Bonchev–Trinajstić information content (AvgIpc) is 2.65. The number of methoxy groups -OCH3 is 1. The van der Waals surface area contributed by atoms with E-state index in [1.807, 2.05) is 18.2 Å². The van der Waals surface area contributed by atoms with Gasteiger partial charge in [-0.25, -0.2) is 0 Å². The largest absolute Gasteiger partial charge is 0.486 e.